The number of anilines is 1. The first-order valence-electron chi connectivity index (χ1n) is 6.13. The monoisotopic (exact) mass is 263 g/mol. The van der Waals surface area contributed by atoms with Crippen molar-refractivity contribution in [3.63, 3.8) is 0 Å². The second kappa shape index (κ2) is 4.25. The molecule has 0 aromatic heterocycles. The van der Waals surface area contributed by atoms with Gasteiger partial charge in [-0.15, -0.1) is 0 Å². The number of rotatable bonds is 2. The maximum atomic E-state index is 11.3. The molecule has 2 rings (SSSR count). The zero-order chi connectivity index (χ0) is 14.4. The maximum absolute atomic E-state index is 11.3. The summed E-state index contributed by atoms with van der Waals surface area (Å²) in [6.45, 7) is 7.64. The van der Waals surface area contributed by atoms with Crippen LogP contribution in [0.25, 0.3) is 0 Å². The largest absolute Gasteiger partial charge is 0.497 e. The highest BCUT2D eigenvalue weighted by atomic mass is 16.7. The Morgan fingerprint density at radius 2 is 1.74 bits per heavy atom. The van der Waals surface area contributed by atoms with Gasteiger partial charge in [0.2, 0.25) is 0 Å². The number of carbonyl (C=O) groups is 1. The van der Waals surface area contributed by atoms with Gasteiger partial charge in [0.1, 0.15) is 0 Å². The van der Waals surface area contributed by atoms with Gasteiger partial charge in [-0.3, -0.25) is 0 Å². The summed E-state index contributed by atoms with van der Waals surface area (Å²) >= 11 is 0. The Morgan fingerprint density at radius 3 is 2.21 bits per heavy atom. The van der Waals surface area contributed by atoms with Crippen molar-refractivity contribution in [1.29, 1.82) is 0 Å². The van der Waals surface area contributed by atoms with Gasteiger partial charge in [-0.2, -0.15) is 0 Å². The van der Waals surface area contributed by atoms with E-state index in [4.69, 9.17) is 15.0 Å². The molecule has 6 heteroatoms. The summed E-state index contributed by atoms with van der Waals surface area (Å²) in [5.74, 6) is -1.04. The van der Waals surface area contributed by atoms with Gasteiger partial charge < -0.3 is 20.1 Å². The predicted octanol–water partition coefficient (Wildman–Crippen LogP) is 1.27. The van der Waals surface area contributed by atoms with Crippen LogP contribution in [0.15, 0.2) is 18.2 Å². The minimum absolute atomic E-state index is 0.110. The van der Waals surface area contributed by atoms with Crippen LogP contribution in [0.3, 0.4) is 0 Å². The SMILES string of the molecule is CC1(C)OB(c2c(N)cccc2C(=O)O)OC1(C)C. The van der Waals surface area contributed by atoms with E-state index in [0.29, 0.717) is 11.2 Å². The summed E-state index contributed by atoms with van der Waals surface area (Å²) in [6.07, 6.45) is 0. The molecule has 19 heavy (non-hydrogen) atoms. The number of hydrogen-bond donors (Lipinski definition) is 2. The fraction of sp³-hybridized carbons (Fsp3) is 0.462. The molecule has 1 saturated heterocycles. The minimum atomic E-state index is -1.04. The van der Waals surface area contributed by atoms with Crippen LogP contribution in [0.4, 0.5) is 5.69 Å². The Morgan fingerprint density at radius 1 is 1.21 bits per heavy atom. The maximum Gasteiger partial charge on any atom is 0.497 e. The first-order chi connectivity index (χ1) is 8.66. The molecular formula is C13H18BNO4. The van der Waals surface area contributed by atoms with E-state index < -0.39 is 24.3 Å². The fourth-order valence-electron chi connectivity index (χ4n) is 1.99. The molecule has 1 aliphatic heterocycles. The molecule has 1 aromatic rings. The van der Waals surface area contributed by atoms with Crippen LogP contribution in [0.2, 0.25) is 0 Å². The van der Waals surface area contributed by atoms with Crippen molar-refractivity contribution in [1.82, 2.24) is 0 Å². The molecule has 3 N–H and O–H groups in total. The van der Waals surface area contributed by atoms with Crippen molar-refractivity contribution >= 4 is 24.2 Å². The molecule has 0 spiro atoms. The van der Waals surface area contributed by atoms with Crippen molar-refractivity contribution in [2.75, 3.05) is 5.73 Å². The molecule has 0 aliphatic carbocycles. The molecule has 1 aliphatic rings. The molecule has 102 valence electrons. The summed E-state index contributed by atoms with van der Waals surface area (Å²) in [5.41, 5.74) is 5.68. The zero-order valence-corrected chi connectivity index (χ0v) is 11.6. The van der Waals surface area contributed by atoms with Crippen LogP contribution < -0.4 is 11.2 Å². The molecule has 0 amide bonds. The first-order valence-corrected chi connectivity index (χ1v) is 6.13. The van der Waals surface area contributed by atoms with Gasteiger partial charge >= 0.3 is 13.1 Å². The van der Waals surface area contributed by atoms with Crippen LogP contribution in [-0.2, 0) is 9.31 Å². The summed E-state index contributed by atoms with van der Waals surface area (Å²) in [6, 6.07) is 4.75. The second-order valence-electron chi connectivity index (χ2n) is 5.70. The molecule has 0 atom stereocenters. The van der Waals surface area contributed by atoms with Gasteiger partial charge in [-0.05, 0) is 39.8 Å². The van der Waals surface area contributed by atoms with Gasteiger partial charge in [0, 0.05) is 11.2 Å². The lowest BCUT2D eigenvalue weighted by atomic mass is 9.74. The van der Waals surface area contributed by atoms with E-state index in [1.165, 1.54) is 6.07 Å². The average Bonchev–Trinajstić information content (AvgIpc) is 2.47. The lowest BCUT2D eigenvalue weighted by Gasteiger charge is -2.32. The van der Waals surface area contributed by atoms with E-state index in [2.05, 4.69) is 0 Å². The number of hydrogen-bond acceptors (Lipinski definition) is 4. The molecule has 5 nitrogen and oxygen atoms in total. The number of aromatic carboxylic acids is 1. The highest BCUT2D eigenvalue weighted by Crippen LogP contribution is 2.37. The number of benzene rings is 1. The minimum Gasteiger partial charge on any atom is -0.478 e. The van der Waals surface area contributed by atoms with Crippen molar-refractivity contribution < 1.29 is 19.2 Å². The topological polar surface area (TPSA) is 81.8 Å². The van der Waals surface area contributed by atoms with E-state index in [1.54, 1.807) is 12.1 Å². The molecule has 0 saturated carbocycles. The average molecular weight is 263 g/mol. The molecule has 0 bridgehead atoms. The van der Waals surface area contributed by atoms with Crippen LogP contribution in [0.5, 0.6) is 0 Å². The number of carboxylic acid groups (broad SMARTS) is 1. The zero-order valence-electron chi connectivity index (χ0n) is 11.6. The quantitative estimate of drug-likeness (QED) is 0.620. The van der Waals surface area contributed by atoms with Gasteiger partial charge in [-0.1, -0.05) is 6.07 Å². The molecule has 0 radical (unpaired) electrons. The lowest BCUT2D eigenvalue weighted by Crippen LogP contribution is -2.41. The number of nitrogens with two attached hydrogens (primary N) is 1. The van der Waals surface area contributed by atoms with Crippen molar-refractivity contribution in [2.45, 2.75) is 38.9 Å². The Labute approximate surface area is 112 Å². The second-order valence-corrected chi connectivity index (χ2v) is 5.70. The normalized spacial score (nSPS) is 20.5. The third-order valence-electron chi connectivity index (χ3n) is 3.86. The third-order valence-corrected chi connectivity index (χ3v) is 3.86. The summed E-state index contributed by atoms with van der Waals surface area (Å²) in [4.78, 5) is 11.3. The Balaban J connectivity index is 2.48. The Kier molecular flexibility index (Phi) is 3.11. The summed E-state index contributed by atoms with van der Waals surface area (Å²) in [5, 5.41) is 9.24. The van der Waals surface area contributed by atoms with Crippen molar-refractivity contribution in [3.8, 4) is 0 Å². The third kappa shape index (κ3) is 2.22. The summed E-state index contributed by atoms with van der Waals surface area (Å²) in [7, 11) is -0.766. The highest BCUT2D eigenvalue weighted by Gasteiger charge is 2.53. The molecule has 1 fully saturated rings. The number of carboxylic acids is 1. The van der Waals surface area contributed by atoms with Gasteiger partial charge in [0.05, 0.1) is 16.8 Å². The van der Waals surface area contributed by atoms with Crippen molar-refractivity contribution in [2.24, 2.45) is 0 Å². The smallest absolute Gasteiger partial charge is 0.478 e. The van der Waals surface area contributed by atoms with Crippen LogP contribution >= 0.6 is 0 Å². The van der Waals surface area contributed by atoms with Gasteiger partial charge in [0.25, 0.3) is 0 Å². The molecule has 1 aromatic carbocycles. The van der Waals surface area contributed by atoms with Crippen LogP contribution in [0, 0.1) is 0 Å². The summed E-state index contributed by atoms with van der Waals surface area (Å²) < 4.78 is 11.7. The fourth-order valence-corrected chi connectivity index (χ4v) is 1.99. The van der Waals surface area contributed by atoms with Crippen LogP contribution in [0.1, 0.15) is 38.1 Å². The Bertz CT molecular complexity index is 511. The van der Waals surface area contributed by atoms with Gasteiger partial charge in [-0.25, -0.2) is 4.79 Å². The van der Waals surface area contributed by atoms with Crippen molar-refractivity contribution in [3.05, 3.63) is 23.8 Å². The lowest BCUT2D eigenvalue weighted by molar-refractivity contribution is 0.00578. The molecule has 1 heterocycles. The van der Waals surface area contributed by atoms with Crippen LogP contribution in [-0.4, -0.2) is 29.4 Å². The predicted molar refractivity (Wildman–Crippen MR) is 73.5 cm³/mol. The Hall–Kier alpha value is -1.53. The molecular weight excluding hydrogens is 245 g/mol. The van der Waals surface area contributed by atoms with E-state index in [0.717, 1.165) is 0 Å². The van der Waals surface area contributed by atoms with Gasteiger partial charge in [0.15, 0.2) is 0 Å². The molecule has 0 unspecified atom stereocenters. The first kappa shape index (κ1) is 13.9. The number of nitrogen functional groups attached to an aromatic ring is 1. The standard InChI is InChI=1S/C13H18BNO4/c1-12(2)13(3,4)19-14(18-12)10-8(11(16)17)6-5-7-9(10)15/h5-7H,15H2,1-4H3,(H,16,17). The highest BCUT2D eigenvalue weighted by molar-refractivity contribution is 6.65. The van der Waals surface area contributed by atoms with E-state index in [1.807, 2.05) is 27.7 Å². The van der Waals surface area contributed by atoms with E-state index in [-0.39, 0.29) is 5.56 Å². The van der Waals surface area contributed by atoms with E-state index >= 15 is 0 Å². The van der Waals surface area contributed by atoms with E-state index in [9.17, 15) is 9.90 Å².